The van der Waals surface area contributed by atoms with E-state index in [0.717, 1.165) is 23.7 Å². The van der Waals surface area contributed by atoms with Gasteiger partial charge in [-0.15, -0.1) is 0 Å². The number of rotatable bonds is 1. The Hall–Kier alpha value is -2.24. The molecule has 3 N–H and O–H groups in total. The van der Waals surface area contributed by atoms with E-state index in [4.69, 9.17) is 10.8 Å². The molecule has 3 rings (SSSR count). The maximum atomic E-state index is 10.9. The van der Waals surface area contributed by atoms with Crippen LogP contribution in [0.25, 0.3) is 10.9 Å². The first-order valence-electron chi connectivity index (χ1n) is 6.36. The third-order valence-corrected chi connectivity index (χ3v) is 3.66. The van der Waals surface area contributed by atoms with Gasteiger partial charge in [-0.1, -0.05) is 0 Å². The molecule has 0 bridgehead atoms. The lowest BCUT2D eigenvalue weighted by Gasteiger charge is -2.29. The van der Waals surface area contributed by atoms with Gasteiger partial charge >= 0.3 is 6.09 Å². The highest BCUT2D eigenvalue weighted by atomic mass is 16.4. The van der Waals surface area contributed by atoms with Crippen LogP contribution in [-0.4, -0.2) is 39.0 Å². The van der Waals surface area contributed by atoms with Gasteiger partial charge in [0, 0.05) is 30.4 Å². The van der Waals surface area contributed by atoms with Crippen molar-refractivity contribution < 1.29 is 9.90 Å². The second kappa shape index (κ2) is 4.46. The van der Waals surface area contributed by atoms with Gasteiger partial charge in [-0.3, -0.25) is 4.68 Å². The number of anilines is 1. The molecule has 0 saturated carbocycles. The molecule has 6 heteroatoms. The molecule has 0 unspecified atom stereocenters. The maximum absolute atomic E-state index is 10.9. The number of carbonyl (C=O) groups is 1. The summed E-state index contributed by atoms with van der Waals surface area (Å²) >= 11 is 0. The first kappa shape index (κ1) is 11.8. The number of nitrogens with zero attached hydrogens (tertiary/aromatic N) is 3. The van der Waals surface area contributed by atoms with E-state index in [1.165, 1.54) is 4.90 Å². The van der Waals surface area contributed by atoms with Gasteiger partial charge in [0.25, 0.3) is 0 Å². The Morgan fingerprint density at radius 3 is 2.79 bits per heavy atom. The number of piperidine rings is 1. The average Bonchev–Trinajstić information content (AvgIpc) is 2.81. The second-order valence-electron chi connectivity index (χ2n) is 4.93. The van der Waals surface area contributed by atoms with Crippen molar-refractivity contribution in [1.29, 1.82) is 0 Å². The number of carboxylic acid groups (broad SMARTS) is 1. The summed E-state index contributed by atoms with van der Waals surface area (Å²) < 4.78 is 1.95. The molecule has 100 valence electrons. The number of hydrogen-bond acceptors (Lipinski definition) is 3. The molecular formula is C13H16N4O2. The molecule has 0 atom stereocenters. The molecule has 0 spiro atoms. The summed E-state index contributed by atoms with van der Waals surface area (Å²) in [4.78, 5) is 12.3. The Morgan fingerprint density at radius 2 is 2.11 bits per heavy atom. The van der Waals surface area contributed by atoms with E-state index >= 15 is 0 Å². The lowest BCUT2D eigenvalue weighted by atomic mass is 10.1. The standard InChI is InChI=1S/C13H16N4O2/c14-10-2-1-9-8-17(15-12(9)7-10)11-3-5-16(6-4-11)13(18)19/h1-2,7-8,11H,3-6,14H2,(H,18,19). The molecule has 1 saturated heterocycles. The molecule has 1 aromatic heterocycles. The molecule has 0 radical (unpaired) electrons. The zero-order valence-corrected chi connectivity index (χ0v) is 10.5. The van der Waals surface area contributed by atoms with E-state index < -0.39 is 6.09 Å². The molecule has 1 aromatic carbocycles. The van der Waals surface area contributed by atoms with Crippen molar-refractivity contribution in [2.24, 2.45) is 0 Å². The molecule has 6 nitrogen and oxygen atoms in total. The molecule has 1 fully saturated rings. The Balaban J connectivity index is 1.80. The van der Waals surface area contributed by atoms with Crippen molar-refractivity contribution in [2.75, 3.05) is 18.8 Å². The molecule has 1 aliphatic rings. The zero-order valence-electron chi connectivity index (χ0n) is 10.5. The average molecular weight is 260 g/mol. The van der Waals surface area contributed by atoms with Gasteiger partial charge in [0.2, 0.25) is 0 Å². The van der Waals surface area contributed by atoms with E-state index in [-0.39, 0.29) is 6.04 Å². The lowest BCUT2D eigenvalue weighted by Crippen LogP contribution is -2.38. The minimum atomic E-state index is -0.836. The summed E-state index contributed by atoms with van der Waals surface area (Å²) in [5, 5.41) is 14.5. The van der Waals surface area contributed by atoms with Gasteiger partial charge in [-0.2, -0.15) is 5.10 Å². The predicted octanol–water partition coefficient (Wildman–Crippen LogP) is 1.93. The van der Waals surface area contributed by atoms with Crippen LogP contribution < -0.4 is 5.73 Å². The third-order valence-electron chi connectivity index (χ3n) is 3.66. The minimum Gasteiger partial charge on any atom is -0.465 e. The number of nitrogens with two attached hydrogens (primary N) is 1. The van der Waals surface area contributed by atoms with Crippen LogP contribution in [-0.2, 0) is 0 Å². The Bertz CT molecular complexity index is 614. The maximum Gasteiger partial charge on any atom is 0.407 e. The van der Waals surface area contributed by atoms with E-state index in [0.29, 0.717) is 18.8 Å². The normalized spacial score (nSPS) is 16.9. The quantitative estimate of drug-likeness (QED) is 0.767. The smallest absolute Gasteiger partial charge is 0.407 e. The van der Waals surface area contributed by atoms with Crippen molar-refractivity contribution in [3.63, 3.8) is 0 Å². The first-order valence-corrected chi connectivity index (χ1v) is 6.36. The van der Waals surface area contributed by atoms with Crippen LogP contribution in [0.5, 0.6) is 0 Å². The summed E-state index contributed by atoms with van der Waals surface area (Å²) in [6.45, 7) is 1.14. The van der Waals surface area contributed by atoms with Crippen molar-refractivity contribution in [2.45, 2.75) is 18.9 Å². The fourth-order valence-corrected chi connectivity index (χ4v) is 2.56. The number of fused-ring (bicyclic) bond motifs is 1. The molecule has 1 aliphatic heterocycles. The molecule has 19 heavy (non-hydrogen) atoms. The van der Waals surface area contributed by atoms with E-state index in [1.807, 2.05) is 29.1 Å². The molecule has 0 aliphatic carbocycles. The number of benzene rings is 1. The molecule has 2 aromatic rings. The number of amides is 1. The Kier molecular flexibility index (Phi) is 2.77. The summed E-state index contributed by atoms with van der Waals surface area (Å²) in [5.41, 5.74) is 7.34. The fraction of sp³-hybridized carbons (Fsp3) is 0.385. The number of likely N-dealkylation sites (tertiary alicyclic amines) is 1. The topological polar surface area (TPSA) is 84.4 Å². The first-order chi connectivity index (χ1) is 9.13. The summed E-state index contributed by atoms with van der Waals surface area (Å²) in [5.74, 6) is 0. The van der Waals surface area contributed by atoms with Crippen LogP contribution in [0.2, 0.25) is 0 Å². The van der Waals surface area contributed by atoms with Crippen molar-refractivity contribution in [1.82, 2.24) is 14.7 Å². The largest absolute Gasteiger partial charge is 0.465 e. The van der Waals surface area contributed by atoms with Gasteiger partial charge < -0.3 is 15.7 Å². The van der Waals surface area contributed by atoms with Crippen LogP contribution in [0.4, 0.5) is 10.5 Å². The highest BCUT2D eigenvalue weighted by molar-refractivity contribution is 5.81. The van der Waals surface area contributed by atoms with Crippen molar-refractivity contribution in [3.05, 3.63) is 24.4 Å². The summed E-state index contributed by atoms with van der Waals surface area (Å²) in [6.07, 6.45) is 2.78. The number of aromatic nitrogens is 2. The van der Waals surface area contributed by atoms with Crippen LogP contribution in [0, 0.1) is 0 Å². The van der Waals surface area contributed by atoms with Crippen LogP contribution >= 0.6 is 0 Å². The van der Waals surface area contributed by atoms with Crippen molar-refractivity contribution in [3.8, 4) is 0 Å². The predicted molar refractivity (Wildman–Crippen MR) is 72.0 cm³/mol. The van der Waals surface area contributed by atoms with Crippen LogP contribution in [0.3, 0.4) is 0 Å². The highest BCUT2D eigenvalue weighted by Crippen LogP contribution is 2.25. The van der Waals surface area contributed by atoms with Gasteiger partial charge in [0.15, 0.2) is 0 Å². The fourth-order valence-electron chi connectivity index (χ4n) is 2.56. The molecule has 1 amide bonds. The summed E-state index contributed by atoms with van der Waals surface area (Å²) in [7, 11) is 0. The van der Waals surface area contributed by atoms with Gasteiger partial charge in [-0.25, -0.2) is 4.79 Å². The molecule has 2 heterocycles. The zero-order chi connectivity index (χ0) is 13.4. The lowest BCUT2D eigenvalue weighted by molar-refractivity contribution is 0.124. The number of hydrogen-bond donors (Lipinski definition) is 2. The van der Waals surface area contributed by atoms with Gasteiger partial charge in [-0.05, 0) is 31.0 Å². The summed E-state index contributed by atoms with van der Waals surface area (Å²) in [6, 6.07) is 5.95. The van der Waals surface area contributed by atoms with Crippen LogP contribution in [0.15, 0.2) is 24.4 Å². The SMILES string of the molecule is Nc1ccc2cn(C3CCN(C(=O)O)CC3)nc2c1. The van der Waals surface area contributed by atoms with Crippen LogP contribution in [0.1, 0.15) is 18.9 Å². The number of nitrogen functional groups attached to an aromatic ring is 1. The second-order valence-corrected chi connectivity index (χ2v) is 4.93. The van der Waals surface area contributed by atoms with E-state index in [2.05, 4.69) is 5.10 Å². The van der Waals surface area contributed by atoms with E-state index in [1.54, 1.807) is 0 Å². The monoisotopic (exact) mass is 260 g/mol. The van der Waals surface area contributed by atoms with Crippen molar-refractivity contribution >= 4 is 22.7 Å². The third kappa shape index (κ3) is 2.21. The Labute approximate surface area is 110 Å². The van der Waals surface area contributed by atoms with Gasteiger partial charge in [0.1, 0.15) is 0 Å². The Morgan fingerprint density at radius 1 is 1.37 bits per heavy atom. The van der Waals surface area contributed by atoms with E-state index in [9.17, 15) is 4.79 Å². The minimum absolute atomic E-state index is 0.268. The molecular weight excluding hydrogens is 244 g/mol. The van der Waals surface area contributed by atoms with Gasteiger partial charge in [0.05, 0.1) is 11.6 Å². The highest BCUT2D eigenvalue weighted by Gasteiger charge is 2.23.